The van der Waals surface area contributed by atoms with Crippen molar-refractivity contribution in [1.29, 1.82) is 0 Å². The van der Waals surface area contributed by atoms with Gasteiger partial charge < -0.3 is 10.6 Å². The third-order valence-corrected chi connectivity index (χ3v) is 6.72. The molecule has 0 spiro atoms. The molecule has 1 fully saturated rings. The van der Waals surface area contributed by atoms with Crippen LogP contribution in [0.4, 0.5) is 5.69 Å². The fraction of sp³-hybridized carbons (Fsp3) is 0.412. The average molecular weight is 360 g/mol. The third kappa shape index (κ3) is 2.70. The van der Waals surface area contributed by atoms with E-state index in [0.29, 0.717) is 12.0 Å². The Balaban J connectivity index is 1.69. The lowest BCUT2D eigenvalue weighted by molar-refractivity contribution is 0.0935. The molecule has 2 aliphatic heterocycles. The minimum atomic E-state index is -2.98. The molecule has 1 saturated heterocycles. The molecule has 7 nitrogen and oxygen atoms in total. The Morgan fingerprint density at radius 1 is 1.20 bits per heavy atom. The Kier molecular flexibility index (Phi) is 3.61. The number of anilines is 1. The van der Waals surface area contributed by atoms with Crippen LogP contribution in [-0.4, -0.2) is 35.6 Å². The first-order valence-electron chi connectivity index (χ1n) is 8.28. The van der Waals surface area contributed by atoms with Crippen molar-refractivity contribution in [2.24, 2.45) is 0 Å². The smallest absolute Gasteiger partial charge is 0.255 e. The number of sulfone groups is 1. The molecule has 2 aromatic rings. The number of benzene rings is 1. The van der Waals surface area contributed by atoms with E-state index in [1.165, 1.54) is 0 Å². The number of nitrogens with one attached hydrogen (secondary N) is 2. The second-order valence-electron chi connectivity index (χ2n) is 6.68. The van der Waals surface area contributed by atoms with Crippen molar-refractivity contribution in [3.63, 3.8) is 0 Å². The monoisotopic (exact) mass is 360 g/mol. The van der Waals surface area contributed by atoms with Gasteiger partial charge in [-0.1, -0.05) is 12.1 Å². The van der Waals surface area contributed by atoms with E-state index in [0.717, 1.165) is 22.6 Å². The molecule has 4 rings (SSSR count). The van der Waals surface area contributed by atoms with E-state index in [9.17, 15) is 13.2 Å². The van der Waals surface area contributed by atoms with E-state index in [2.05, 4.69) is 15.7 Å². The van der Waals surface area contributed by atoms with Gasteiger partial charge in [-0.3, -0.25) is 9.48 Å². The maximum atomic E-state index is 12.4. The summed E-state index contributed by atoms with van der Waals surface area (Å²) < 4.78 is 25.4. The number of rotatable bonds is 2. The Labute approximate surface area is 146 Å². The van der Waals surface area contributed by atoms with Gasteiger partial charge in [-0.05, 0) is 32.4 Å². The standard InChI is InChI=1S/C17H20N4O3S/c1-10-15(11(2)21(20-10)12-7-8-25(23,24)9-12)16-18-14-6-4-3-5-13(14)17(22)19-16/h3-6,12,16,18H,7-9H2,1-2H3,(H,19,22)/t12-,16+/m0/s1. The number of amides is 1. The van der Waals surface area contributed by atoms with Gasteiger partial charge in [0, 0.05) is 16.9 Å². The molecule has 0 bridgehead atoms. The molecule has 2 atom stereocenters. The predicted molar refractivity (Wildman–Crippen MR) is 94.3 cm³/mol. The lowest BCUT2D eigenvalue weighted by atomic mass is 10.0. The Morgan fingerprint density at radius 3 is 2.68 bits per heavy atom. The van der Waals surface area contributed by atoms with Crippen molar-refractivity contribution in [2.45, 2.75) is 32.5 Å². The zero-order valence-electron chi connectivity index (χ0n) is 14.1. The number of fused-ring (bicyclic) bond motifs is 1. The summed E-state index contributed by atoms with van der Waals surface area (Å²) in [6, 6.07) is 7.23. The minimum Gasteiger partial charge on any atom is -0.361 e. The highest BCUT2D eigenvalue weighted by Gasteiger charge is 2.34. The maximum absolute atomic E-state index is 12.4. The highest BCUT2D eigenvalue weighted by atomic mass is 32.2. The minimum absolute atomic E-state index is 0.127. The van der Waals surface area contributed by atoms with Crippen LogP contribution in [0.1, 0.15) is 45.9 Å². The summed E-state index contributed by atoms with van der Waals surface area (Å²) in [5.41, 5.74) is 3.97. The van der Waals surface area contributed by atoms with Crippen molar-refractivity contribution in [3.05, 3.63) is 46.8 Å². The summed E-state index contributed by atoms with van der Waals surface area (Å²) in [5.74, 6) is 0.202. The van der Waals surface area contributed by atoms with E-state index in [1.807, 2.05) is 36.7 Å². The number of carbonyl (C=O) groups excluding carboxylic acids is 1. The molecule has 0 unspecified atom stereocenters. The van der Waals surface area contributed by atoms with Crippen molar-refractivity contribution in [1.82, 2.24) is 15.1 Å². The van der Waals surface area contributed by atoms with Crippen LogP contribution in [0.5, 0.6) is 0 Å². The van der Waals surface area contributed by atoms with Gasteiger partial charge >= 0.3 is 0 Å². The number of aromatic nitrogens is 2. The summed E-state index contributed by atoms with van der Waals surface area (Å²) in [7, 11) is -2.98. The van der Waals surface area contributed by atoms with Crippen LogP contribution in [0.3, 0.4) is 0 Å². The van der Waals surface area contributed by atoms with Gasteiger partial charge in [-0.2, -0.15) is 5.10 Å². The van der Waals surface area contributed by atoms with Crippen LogP contribution in [0.15, 0.2) is 24.3 Å². The molecule has 0 saturated carbocycles. The molecule has 132 valence electrons. The van der Waals surface area contributed by atoms with Gasteiger partial charge in [0.1, 0.15) is 6.17 Å². The first-order chi connectivity index (χ1) is 11.9. The summed E-state index contributed by atoms with van der Waals surface area (Å²) in [6.07, 6.45) is 0.200. The molecule has 1 amide bonds. The van der Waals surface area contributed by atoms with Crippen molar-refractivity contribution in [3.8, 4) is 0 Å². The van der Waals surface area contributed by atoms with Crippen LogP contribution in [0, 0.1) is 13.8 Å². The first-order valence-corrected chi connectivity index (χ1v) is 10.1. The molecule has 2 N–H and O–H groups in total. The molecule has 8 heteroatoms. The number of hydrogen-bond acceptors (Lipinski definition) is 5. The van der Waals surface area contributed by atoms with E-state index >= 15 is 0 Å². The van der Waals surface area contributed by atoms with Crippen LogP contribution >= 0.6 is 0 Å². The molecular formula is C17H20N4O3S. The van der Waals surface area contributed by atoms with Gasteiger partial charge in [0.15, 0.2) is 9.84 Å². The first kappa shape index (κ1) is 16.1. The lowest BCUT2D eigenvalue weighted by Gasteiger charge is -2.28. The van der Waals surface area contributed by atoms with E-state index in [-0.39, 0.29) is 29.6 Å². The van der Waals surface area contributed by atoms with Crippen LogP contribution in [0.2, 0.25) is 0 Å². The highest BCUT2D eigenvalue weighted by Crippen LogP contribution is 2.32. The second kappa shape index (κ2) is 5.59. The molecule has 3 heterocycles. The van der Waals surface area contributed by atoms with Crippen molar-refractivity contribution >= 4 is 21.4 Å². The van der Waals surface area contributed by atoms with Gasteiger partial charge in [-0.15, -0.1) is 0 Å². The van der Waals surface area contributed by atoms with Crippen LogP contribution in [-0.2, 0) is 9.84 Å². The van der Waals surface area contributed by atoms with Crippen LogP contribution < -0.4 is 10.6 Å². The zero-order chi connectivity index (χ0) is 17.8. The summed E-state index contributed by atoms with van der Waals surface area (Å²) in [4.78, 5) is 12.4. The van der Waals surface area contributed by atoms with Gasteiger partial charge in [-0.25, -0.2) is 8.42 Å². The topological polar surface area (TPSA) is 93.1 Å². The molecule has 2 aliphatic rings. The molecule has 0 radical (unpaired) electrons. The van der Waals surface area contributed by atoms with E-state index in [4.69, 9.17) is 0 Å². The molecule has 1 aromatic carbocycles. The van der Waals surface area contributed by atoms with E-state index in [1.54, 1.807) is 6.07 Å². The average Bonchev–Trinajstić information content (AvgIpc) is 3.06. The fourth-order valence-electron chi connectivity index (χ4n) is 3.77. The largest absolute Gasteiger partial charge is 0.361 e. The second-order valence-corrected chi connectivity index (χ2v) is 8.91. The molecule has 1 aromatic heterocycles. The number of carbonyl (C=O) groups is 1. The Morgan fingerprint density at radius 2 is 1.96 bits per heavy atom. The van der Waals surface area contributed by atoms with Crippen molar-refractivity contribution < 1.29 is 13.2 Å². The Hall–Kier alpha value is -2.35. The zero-order valence-corrected chi connectivity index (χ0v) is 14.9. The maximum Gasteiger partial charge on any atom is 0.255 e. The number of hydrogen-bond donors (Lipinski definition) is 2. The lowest BCUT2D eigenvalue weighted by Crippen LogP contribution is -2.39. The Bertz CT molecular complexity index is 964. The SMILES string of the molecule is Cc1nn([C@H]2CCS(=O)(=O)C2)c(C)c1[C@H]1NC(=O)c2ccccc2N1. The predicted octanol–water partition coefficient (Wildman–Crippen LogP) is 1.71. The number of aryl methyl sites for hydroxylation is 1. The highest BCUT2D eigenvalue weighted by molar-refractivity contribution is 7.91. The summed E-state index contributed by atoms with van der Waals surface area (Å²) in [6.45, 7) is 3.81. The van der Waals surface area contributed by atoms with Gasteiger partial charge in [0.2, 0.25) is 0 Å². The summed E-state index contributed by atoms with van der Waals surface area (Å²) >= 11 is 0. The van der Waals surface area contributed by atoms with Gasteiger partial charge in [0.05, 0.1) is 28.8 Å². The summed E-state index contributed by atoms with van der Waals surface area (Å²) in [5, 5.41) is 10.9. The quantitative estimate of drug-likeness (QED) is 0.850. The molecule has 0 aliphatic carbocycles. The van der Waals surface area contributed by atoms with E-state index < -0.39 is 9.84 Å². The fourth-order valence-corrected chi connectivity index (χ4v) is 5.46. The van der Waals surface area contributed by atoms with Crippen molar-refractivity contribution in [2.75, 3.05) is 16.8 Å². The number of para-hydroxylation sites is 1. The third-order valence-electron chi connectivity index (χ3n) is 4.97. The van der Waals surface area contributed by atoms with Gasteiger partial charge in [0.25, 0.3) is 5.91 Å². The molecule has 25 heavy (non-hydrogen) atoms. The van der Waals surface area contributed by atoms with Crippen LogP contribution in [0.25, 0.3) is 0 Å². The molecular weight excluding hydrogens is 340 g/mol. The normalized spacial score (nSPS) is 24.5. The number of nitrogens with zero attached hydrogens (tertiary/aromatic N) is 2.